The SMILES string of the molecule is COC(=O)CCNC(C)c1cc(Br)cs1. The van der Waals surface area contributed by atoms with Crippen LogP contribution < -0.4 is 5.32 Å². The number of halogens is 1. The van der Waals surface area contributed by atoms with Crippen molar-refractivity contribution in [2.45, 2.75) is 19.4 Å². The monoisotopic (exact) mass is 291 g/mol. The van der Waals surface area contributed by atoms with E-state index in [1.54, 1.807) is 11.3 Å². The predicted molar refractivity (Wildman–Crippen MR) is 65.1 cm³/mol. The molecule has 1 atom stereocenters. The van der Waals surface area contributed by atoms with Crippen molar-refractivity contribution < 1.29 is 9.53 Å². The average molecular weight is 292 g/mol. The molecule has 0 radical (unpaired) electrons. The van der Waals surface area contributed by atoms with E-state index in [0.29, 0.717) is 13.0 Å². The van der Waals surface area contributed by atoms with Gasteiger partial charge in [-0.2, -0.15) is 0 Å². The normalized spacial score (nSPS) is 12.5. The second-order valence-electron chi connectivity index (χ2n) is 3.17. The van der Waals surface area contributed by atoms with E-state index >= 15 is 0 Å². The summed E-state index contributed by atoms with van der Waals surface area (Å²) >= 11 is 5.11. The molecule has 84 valence electrons. The Bertz CT molecular complexity index is 327. The highest BCUT2D eigenvalue weighted by Gasteiger charge is 2.08. The molecule has 0 amide bonds. The van der Waals surface area contributed by atoms with Crippen LogP contribution in [-0.2, 0) is 9.53 Å². The van der Waals surface area contributed by atoms with Crippen molar-refractivity contribution in [3.05, 3.63) is 20.8 Å². The molecule has 0 saturated carbocycles. The Balaban J connectivity index is 2.30. The lowest BCUT2D eigenvalue weighted by atomic mass is 10.2. The first-order chi connectivity index (χ1) is 7.13. The van der Waals surface area contributed by atoms with Gasteiger partial charge in [-0.15, -0.1) is 11.3 Å². The molecular formula is C10H14BrNO2S. The lowest BCUT2D eigenvalue weighted by molar-refractivity contribution is -0.140. The van der Waals surface area contributed by atoms with Gasteiger partial charge in [0.1, 0.15) is 0 Å². The van der Waals surface area contributed by atoms with Crippen LogP contribution in [0.15, 0.2) is 15.9 Å². The van der Waals surface area contributed by atoms with Crippen LogP contribution in [0.5, 0.6) is 0 Å². The molecule has 1 heterocycles. The van der Waals surface area contributed by atoms with Gasteiger partial charge < -0.3 is 10.1 Å². The summed E-state index contributed by atoms with van der Waals surface area (Å²) in [6.07, 6.45) is 0.410. The molecule has 15 heavy (non-hydrogen) atoms. The second kappa shape index (κ2) is 6.25. The minimum Gasteiger partial charge on any atom is -0.469 e. The van der Waals surface area contributed by atoms with Gasteiger partial charge in [0.05, 0.1) is 13.5 Å². The van der Waals surface area contributed by atoms with E-state index in [-0.39, 0.29) is 12.0 Å². The Morgan fingerprint density at radius 2 is 2.47 bits per heavy atom. The fourth-order valence-corrected chi connectivity index (χ4v) is 2.63. The number of thiophene rings is 1. The van der Waals surface area contributed by atoms with Crippen molar-refractivity contribution in [3.8, 4) is 0 Å². The van der Waals surface area contributed by atoms with Gasteiger partial charge in [0.15, 0.2) is 0 Å². The van der Waals surface area contributed by atoms with Gasteiger partial charge >= 0.3 is 5.97 Å². The highest BCUT2D eigenvalue weighted by atomic mass is 79.9. The molecule has 0 spiro atoms. The maximum atomic E-state index is 10.9. The highest BCUT2D eigenvalue weighted by molar-refractivity contribution is 9.10. The summed E-state index contributed by atoms with van der Waals surface area (Å²) in [7, 11) is 1.40. The van der Waals surface area contributed by atoms with E-state index in [9.17, 15) is 4.79 Å². The number of hydrogen-bond acceptors (Lipinski definition) is 4. The highest BCUT2D eigenvalue weighted by Crippen LogP contribution is 2.25. The quantitative estimate of drug-likeness (QED) is 0.848. The van der Waals surface area contributed by atoms with Crippen LogP contribution in [0.2, 0.25) is 0 Å². The van der Waals surface area contributed by atoms with E-state index in [1.165, 1.54) is 12.0 Å². The van der Waals surface area contributed by atoms with E-state index < -0.39 is 0 Å². The summed E-state index contributed by atoms with van der Waals surface area (Å²) in [6.45, 7) is 2.72. The summed E-state index contributed by atoms with van der Waals surface area (Å²) in [5.41, 5.74) is 0. The molecule has 1 rings (SSSR count). The molecule has 1 aromatic heterocycles. The number of ether oxygens (including phenoxy) is 1. The average Bonchev–Trinajstić information content (AvgIpc) is 2.64. The molecule has 0 saturated heterocycles. The van der Waals surface area contributed by atoms with E-state index in [2.05, 4.69) is 39.0 Å². The van der Waals surface area contributed by atoms with Crippen molar-refractivity contribution in [2.24, 2.45) is 0 Å². The molecule has 1 aromatic rings. The maximum Gasteiger partial charge on any atom is 0.306 e. The standard InChI is InChI=1S/C10H14BrNO2S/c1-7(9-5-8(11)6-15-9)12-4-3-10(13)14-2/h5-7,12H,3-4H2,1-2H3. The molecule has 0 aliphatic carbocycles. The van der Waals surface area contributed by atoms with Gasteiger partial charge in [-0.25, -0.2) is 0 Å². The number of rotatable bonds is 5. The van der Waals surface area contributed by atoms with E-state index in [0.717, 1.165) is 4.47 Å². The van der Waals surface area contributed by atoms with Gasteiger partial charge in [-0.3, -0.25) is 4.79 Å². The van der Waals surface area contributed by atoms with Crippen LogP contribution in [0.1, 0.15) is 24.3 Å². The number of methoxy groups -OCH3 is 1. The summed E-state index contributed by atoms with van der Waals surface area (Å²) < 4.78 is 5.66. The molecule has 0 fully saturated rings. The molecule has 1 N–H and O–H groups in total. The molecule has 3 nitrogen and oxygen atoms in total. The molecule has 0 bridgehead atoms. The number of carbonyl (C=O) groups excluding carboxylic acids is 1. The Morgan fingerprint density at radius 1 is 1.73 bits per heavy atom. The van der Waals surface area contributed by atoms with Crippen LogP contribution >= 0.6 is 27.3 Å². The smallest absolute Gasteiger partial charge is 0.306 e. The van der Waals surface area contributed by atoms with Gasteiger partial charge in [0, 0.05) is 27.3 Å². The fourth-order valence-electron chi connectivity index (χ4n) is 1.15. The van der Waals surface area contributed by atoms with Crippen molar-refractivity contribution in [1.82, 2.24) is 5.32 Å². The molecule has 1 unspecified atom stereocenters. The first kappa shape index (κ1) is 12.7. The van der Waals surface area contributed by atoms with Gasteiger partial charge in [0.2, 0.25) is 0 Å². The van der Waals surface area contributed by atoms with Crippen molar-refractivity contribution >= 4 is 33.2 Å². The Morgan fingerprint density at radius 3 is 3.00 bits per heavy atom. The predicted octanol–water partition coefficient (Wildman–Crippen LogP) is 2.72. The zero-order valence-electron chi connectivity index (χ0n) is 8.75. The van der Waals surface area contributed by atoms with E-state index in [1.807, 2.05) is 5.38 Å². The summed E-state index contributed by atoms with van der Waals surface area (Å²) in [4.78, 5) is 12.1. The van der Waals surface area contributed by atoms with Crippen LogP contribution in [0.3, 0.4) is 0 Å². The molecular weight excluding hydrogens is 278 g/mol. The van der Waals surface area contributed by atoms with Crippen molar-refractivity contribution in [3.63, 3.8) is 0 Å². The number of hydrogen-bond donors (Lipinski definition) is 1. The van der Waals surface area contributed by atoms with Gasteiger partial charge in [-0.05, 0) is 28.9 Å². The second-order valence-corrected chi connectivity index (χ2v) is 5.03. The Kier molecular flexibility index (Phi) is 5.28. The number of esters is 1. The minimum absolute atomic E-state index is 0.179. The van der Waals surface area contributed by atoms with Crippen LogP contribution in [-0.4, -0.2) is 19.6 Å². The lowest BCUT2D eigenvalue weighted by Gasteiger charge is -2.10. The van der Waals surface area contributed by atoms with Gasteiger partial charge in [0.25, 0.3) is 0 Å². The Hall–Kier alpha value is -0.390. The third kappa shape index (κ3) is 4.32. The van der Waals surface area contributed by atoms with Crippen molar-refractivity contribution in [1.29, 1.82) is 0 Å². The zero-order valence-corrected chi connectivity index (χ0v) is 11.2. The lowest BCUT2D eigenvalue weighted by Crippen LogP contribution is -2.21. The summed E-state index contributed by atoms with van der Waals surface area (Å²) in [5.74, 6) is -0.179. The topological polar surface area (TPSA) is 38.3 Å². The third-order valence-electron chi connectivity index (χ3n) is 2.02. The van der Waals surface area contributed by atoms with Crippen molar-refractivity contribution in [2.75, 3.05) is 13.7 Å². The summed E-state index contributed by atoms with van der Waals surface area (Å²) in [6, 6.07) is 2.35. The zero-order chi connectivity index (χ0) is 11.3. The molecule has 5 heteroatoms. The fraction of sp³-hybridized carbons (Fsp3) is 0.500. The largest absolute Gasteiger partial charge is 0.469 e. The molecule has 0 aliphatic heterocycles. The van der Waals surface area contributed by atoms with Crippen LogP contribution in [0, 0.1) is 0 Å². The van der Waals surface area contributed by atoms with E-state index in [4.69, 9.17) is 0 Å². The summed E-state index contributed by atoms with van der Waals surface area (Å²) in [5, 5.41) is 5.32. The van der Waals surface area contributed by atoms with Gasteiger partial charge in [-0.1, -0.05) is 0 Å². The molecule has 0 aromatic carbocycles. The maximum absolute atomic E-state index is 10.9. The first-order valence-corrected chi connectivity index (χ1v) is 6.35. The Labute approximate surface area is 102 Å². The van der Waals surface area contributed by atoms with Crippen LogP contribution in [0.4, 0.5) is 0 Å². The third-order valence-corrected chi connectivity index (χ3v) is 3.90. The number of carbonyl (C=O) groups is 1. The minimum atomic E-state index is -0.179. The first-order valence-electron chi connectivity index (χ1n) is 4.67. The number of nitrogens with one attached hydrogen (secondary N) is 1. The molecule has 0 aliphatic rings. The van der Waals surface area contributed by atoms with Crippen LogP contribution in [0.25, 0.3) is 0 Å².